The molecule has 0 aliphatic heterocycles. The lowest BCUT2D eigenvalue weighted by molar-refractivity contribution is -0.154. The molecular formula is C18H21F3N6O3. The normalized spacial score (nSPS) is 11.7. The molecule has 0 unspecified atom stereocenters. The minimum absolute atomic E-state index is 0.0857. The Bertz CT molecular complexity index is 1010. The van der Waals surface area contributed by atoms with E-state index < -0.39 is 18.7 Å². The highest BCUT2D eigenvalue weighted by atomic mass is 19.4. The summed E-state index contributed by atoms with van der Waals surface area (Å²) in [6.45, 7) is 2.04. The summed E-state index contributed by atoms with van der Waals surface area (Å²) in [4.78, 5) is 12.8. The average Bonchev–Trinajstić information content (AvgIpc) is 3.36. The number of ether oxygens (including phenoxy) is 1. The largest absolute Gasteiger partial charge is 0.468 e. The molecule has 0 aliphatic carbocycles. The number of aromatic nitrogens is 5. The number of alkyl halides is 3. The van der Waals surface area contributed by atoms with Gasteiger partial charge in [0.05, 0.1) is 17.5 Å². The molecule has 3 heterocycles. The number of aryl methyl sites for hydroxylation is 4. The maximum atomic E-state index is 12.8. The smallest absolute Gasteiger partial charge is 0.422 e. The fourth-order valence-corrected chi connectivity index (χ4v) is 3.03. The zero-order valence-electron chi connectivity index (χ0n) is 16.6. The number of carbonyl (C=O) groups excluding carboxylic acids is 1. The average molecular weight is 426 g/mol. The number of rotatable bonds is 8. The van der Waals surface area contributed by atoms with Crippen LogP contribution in [0.4, 0.5) is 13.2 Å². The summed E-state index contributed by atoms with van der Waals surface area (Å²) in [5.41, 5.74) is 1.77. The van der Waals surface area contributed by atoms with E-state index in [9.17, 15) is 18.0 Å². The molecular weight excluding hydrogens is 405 g/mol. The molecule has 12 heteroatoms. The third-order valence-corrected chi connectivity index (χ3v) is 4.35. The van der Waals surface area contributed by atoms with Crippen LogP contribution in [0.25, 0.3) is 11.3 Å². The van der Waals surface area contributed by atoms with Gasteiger partial charge in [-0.3, -0.25) is 9.89 Å². The first kappa shape index (κ1) is 21.4. The van der Waals surface area contributed by atoms with Gasteiger partial charge in [-0.15, -0.1) is 0 Å². The lowest BCUT2D eigenvalue weighted by Gasteiger charge is -2.11. The van der Waals surface area contributed by atoms with E-state index in [2.05, 4.69) is 25.8 Å². The van der Waals surface area contributed by atoms with Crippen LogP contribution in [0, 0.1) is 13.8 Å². The Morgan fingerprint density at radius 1 is 1.37 bits per heavy atom. The molecule has 0 saturated carbocycles. The molecule has 2 N–H and O–H groups in total. The number of hydrogen-bond acceptors (Lipinski definition) is 6. The van der Waals surface area contributed by atoms with Gasteiger partial charge in [0.2, 0.25) is 5.88 Å². The van der Waals surface area contributed by atoms with E-state index in [1.807, 2.05) is 0 Å². The summed E-state index contributed by atoms with van der Waals surface area (Å²) in [5.74, 6) is -0.351. The second kappa shape index (κ2) is 8.59. The van der Waals surface area contributed by atoms with Crippen molar-refractivity contribution < 1.29 is 27.2 Å². The molecule has 0 fully saturated rings. The number of H-pyrrole nitrogens is 1. The number of halogens is 3. The molecule has 30 heavy (non-hydrogen) atoms. The van der Waals surface area contributed by atoms with Gasteiger partial charge in [0.15, 0.2) is 6.61 Å². The first-order valence-electron chi connectivity index (χ1n) is 9.13. The van der Waals surface area contributed by atoms with Crippen molar-refractivity contribution in [3.63, 3.8) is 0 Å². The van der Waals surface area contributed by atoms with Crippen molar-refractivity contribution in [2.24, 2.45) is 7.05 Å². The first-order chi connectivity index (χ1) is 14.2. The quantitative estimate of drug-likeness (QED) is 0.536. The lowest BCUT2D eigenvalue weighted by Crippen LogP contribution is -2.25. The van der Waals surface area contributed by atoms with Crippen LogP contribution in [0.1, 0.15) is 33.8 Å². The summed E-state index contributed by atoms with van der Waals surface area (Å²) in [7, 11) is 1.45. The Morgan fingerprint density at radius 2 is 2.13 bits per heavy atom. The van der Waals surface area contributed by atoms with Gasteiger partial charge in [-0.1, -0.05) is 5.16 Å². The summed E-state index contributed by atoms with van der Waals surface area (Å²) in [5, 5.41) is 17.4. The molecule has 1 amide bonds. The second-order valence-corrected chi connectivity index (χ2v) is 6.72. The molecule has 0 saturated heterocycles. The van der Waals surface area contributed by atoms with Gasteiger partial charge < -0.3 is 14.6 Å². The minimum atomic E-state index is -4.52. The highest BCUT2D eigenvalue weighted by molar-refractivity contribution is 6.01. The van der Waals surface area contributed by atoms with Gasteiger partial charge in [0, 0.05) is 19.8 Å². The predicted octanol–water partition coefficient (Wildman–Crippen LogP) is 2.72. The van der Waals surface area contributed by atoms with Crippen LogP contribution in [-0.2, 0) is 13.5 Å². The molecule has 3 rings (SSSR count). The first-order valence-corrected chi connectivity index (χ1v) is 9.13. The van der Waals surface area contributed by atoms with Crippen LogP contribution in [0.5, 0.6) is 5.88 Å². The predicted molar refractivity (Wildman–Crippen MR) is 99.0 cm³/mol. The molecule has 162 valence electrons. The fourth-order valence-electron chi connectivity index (χ4n) is 3.03. The number of nitrogens with one attached hydrogen (secondary N) is 2. The zero-order valence-corrected chi connectivity index (χ0v) is 16.6. The van der Waals surface area contributed by atoms with Crippen molar-refractivity contribution in [2.75, 3.05) is 13.2 Å². The van der Waals surface area contributed by atoms with E-state index in [1.165, 1.54) is 11.7 Å². The van der Waals surface area contributed by atoms with Crippen molar-refractivity contribution in [3.05, 3.63) is 35.0 Å². The minimum Gasteiger partial charge on any atom is -0.468 e. The molecule has 0 spiro atoms. The topological polar surface area (TPSA) is 111 Å². The van der Waals surface area contributed by atoms with E-state index in [0.717, 1.165) is 12.0 Å². The Morgan fingerprint density at radius 3 is 2.80 bits per heavy atom. The standard InChI is InChI=1S/C18H21F3N6O3/c1-10-13(17(27(3)25-10)29-9-18(19,20)21)15-14(11(2)30-26-15)16(28)22-6-4-5-12-7-23-24-8-12/h7-8H,4-6,9H2,1-3H3,(H,22,28)(H,23,24). The van der Waals surface area contributed by atoms with Gasteiger partial charge >= 0.3 is 6.18 Å². The van der Waals surface area contributed by atoms with E-state index in [-0.39, 0.29) is 28.5 Å². The summed E-state index contributed by atoms with van der Waals surface area (Å²) in [6.07, 6.45) is 0.361. The highest BCUT2D eigenvalue weighted by Crippen LogP contribution is 2.36. The number of aromatic amines is 1. The van der Waals surface area contributed by atoms with Crippen LogP contribution in [-0.4, -0.2) is 50.4 Å². The Hall–Kier alpha value is -3.31. The molecule has 0 aliphatic rings. The molecule has 3 aromatic rings. The highest BCUT2D eigenvalue weighted by Gasteiger charge is 2.32. The van der Waals surface area contributed by atoms with Gasteiger partial charge in [-0.25, -0.2) is 4.68 Å². The van der Waals surface area contributed by atoms with Gasteiger partial charge in [-0.05, 0) is 32.3 Å². The lowest BCUT2D eigenvalue weighted by atomic mass is 10.1. The molecule has 3 aromatic heterocycles. The van der Waals surface area contributed by atoms with E-state index in [1.54, 1.807) is 26.2 Å². The number of amides is 1. The second-order valence-electron chi connectivity index (χ2n) is 6.72. The van der Waals surface area contributed by atoms with Crippen LogP contribution in [0.2, 0.25) is 0 Å². The molecule has 9 nitrogen and oxygen atoms in total. The van der Waals surface area contributed by atoms with E-state index in [0.29, 0.717) is 18.7 Å². The fraction of sp³-hybridized carbons (Fsp3) is 0.444. The Labute approximate surface area is 169 Å². The van der Waals surface area contributed by atoms with Crippen molar-refractivity contribution >= 4 is 5.91 Å². The van der Waals surface area contributed by atoms with Crippen LogP contribution >= 0.6 is 0 Å². The summed E-state index contributed by atoms with van der Waals surface area (Å²) < 4.78 is 49.2. The third kappa shape index (κ3) is 4.81. The van der Waals surface area contributed by atoms with Crippen LogP contribution in [0.3, 0.4) is 0 Å². The SMILES string of the molecule is Cc1nn(C)c(OCC(F)(F)F)c1-c1noc(C)c1C(=O)NCCCc1cn[nH]c1. The maximum Gasteiger partial charge on any atom is 0.422 e. The molecule has 0 aromatic carbocycles. The maximum absolute atomic E-state index is 12.8. The van der Waals surface area contributed by atoms with Crippen molar-refractivity contribution in [2.45, 2.75) is 32.9 Å². The summed E-state index contributed by atoms with van der Waals surface area (Å²) >= 11 is 0. The monoisotopic (exact) mass is 426 g/mol. The molecule has 0 bridgehead atoms. The van der Waals surface area contributed by atoms with Gasteiger partial charge in [0.25, 0.3) is 5.91 Å². The zero-order chi connectivity index (χ0) is 21.9. The molecule has 0 radical (unpaired) electrons. The Kier molecular flexibility index (Phi) is 6.13. The third-order valence-electron chi connectivity index (χ3n) is 4.35. The Balaban J connectivity index is 1.79. The van der Waals surface area contributed by atoms with Crippen molar-refractivity contribution in [1.82, 2.24) is 30.5 Å². The van der Waals surface area contributed by atoms with E-state index >= 15 is 0 Å². The van der Waals surface area contributed by atoms with Crippen molar-refractivity contribution in [1.29, 1.82) is 0 Å². The van der Waals surface area contributed by atoms with E-state index in [4.69, 9.17) is 9.26 Å². The van der Waals surface area contributed by atoms with Crippen molar-refractivity contribution in [3.8, 4) is 17.1 Å². The number of carbonyl (C=O) groups is 1. The number of nitrogens with zero attached hydrogens (tertiary/aromatic N) is 4. The van der Waals surface area contributed by atoms with Gasteiger partial charge in [-0.2, -0.15) is 23.4 Å². The van der Waals surface area contributed by atoms with Gasteiger partial charge in [0.1, 0.15) is 17.0 Å². The summed E-state index contributed by atoms with van der Waals surface area (Å²) in [6, 6.07) is 0. The van der Waals surface area contributed by atoms with Crippen LogP contribution in [0.15, 0.2) is 16.9 Å². The number of hydrogen-bond donors (Lipinski definition) is 2. The van der Waals surface area contributed by atoms with Crippen LogP contribution < -0.4 is 10.1 Å². The molecule has 0 atom stereocenters.